The van der Waals surface area contributed by atoms with Gasteiger partial charge in [-0.1, -0.05) is 31.7 Å². The minimum atomic E-state index is -0.179. The van der Waals surface area contributed by atoms with Crippen LogP contribution in [-0.2, 0) is 0 Å². The molecule has 1 saturated carbocycles. The van der Waals surface area contributed by atoms with Crippen LogP contribution in [0.1, 0.15) is 55.7 Å². The lowest BCUT2D eigenvalue weighted by Gasteiger charge is -2.35. The molecule has 3 nitrogen and oxygen atoms in total. The molecule has 0 aromatic heterocycles. The lowest BCUT2D eigenvalue weighted by atomic mass is 9.97. The molecule has 4 heteroatoms. The van der Waals surface area contributed by atoms with Crippen molar-refractivity contribution in [2.45, 2.75) is 57.5 Å². The second kappa shape index (κ2) is 6.04. The Hall–Kier alpha value is -1.58. The van der Waals surface area contributed by atoms with E-state index in [1.54, 1.807) is 6.07 Å². The maximum atomic E-state index is 13.6. The molecular weight excluding hydrogens is 265 g/mol. The Morgan fingerprint density at radius 1 is 1.19 bits per heavy atom. The van der Waals surface area contributed by atoms with Crippen LogP contribution in [0.25, 0.3) is 0 Å². The zero-order chi connectivity index (χ0) is 14.8. The number of hydrogen-bond donors (Lipinski definition) is 1. The van der Waals surface area contributed by atoms with Gasteiger partial charge in [0.15, 0.2) is 5.96 Å². The first kappa shape index (κ1) is 14.4. The Balaban J connectivity index is 1.89. The van der Waals surface area contributed by atoms with E-state index in [0.29, 0.717) is 18.5 Å². The third kappa shape index (κ3) is 2.89. The van der Waals surface area contributed by atoms with Gasteiger partial charge in [0.25, 0.3) is 0 Å². The highest BCUT2D eigenvalue weighted by molar-refractivity contribution is 5.81. The van der Waals surface area contributed by atoms with E-state index in [1.165, 1.54) is 44.6 Å². The highest BCUT2D eigenvalue weighted by Gasteiger charge is 2.34. The normalized spacial score (nSPS) is 24.0. The van der Waals surface area contributed by atoms with E-state index >= 15 is 0 Å². The first-order valence-corrected chi connectivity index (χ1v) is 8.01. The number of benzene rings is 1. The molecule has 1 unspecified atom stereocenters. The molecule has 2 N–H and O–H groups in total. The van der Waals surface area contributed by atoms with Crippen molar-refractivity contribution in [3.63, 3.8) is 0 Å². The molecule has 1 aliphatic carbocycles. The van der Waals surface area contributed by atoms with Crippen LogP contribution in [0.3, 0.4) is 0 Å². The fourth-order valence-electron chi connectivity index (χ4n) is 3.71. The predicted octanol–water partition coefficient (Wildman–Crippen LogP) is 3.53. The SMILES string of the molecule is Cc1ccc(F)cc1C1CN=C(N)N1C1CCCCCC1. The van der Waals surface area contributed by atoms with Gasteiger partial charge >= 0.3 is 0 Å². The topological polar surface area (TPSA) is 41.6 Å². The number of nitrogens with two attached hydrogens (primary N) is 1. The van der Waals surface area contributed by atoms with Crippen LogP contribution in [0.5, 0.6) is 0 Å². The Morgan fingerprint density at radius 2 is 1.90 bits per heavy atom. The molecule has 2 aliphatic rings. The lowest BCUT2D eigenvalue weighted by molar-refractivity contribution is 0.236. The van der Waals surface area contributed by atoms with Crippen molar-refractivity contribution >= 4 is 5.96 Å². The Morgan fingerprint density at radius 3 is 2.62 bits per heavy atom. The van der Waals surface area contributed by atoms with Gasteiger partial charge in [-0.3, -0.25) is 4.99 Å². The van der Waals surface area contributed by atoms with Crippen molar-refractivity contribution in [2.75, 3.05) is 6.54 Å². The van der Waals surface area contributed by atoms with Crippen LogP contribution in [-0.4, -0.2) is 23.4 Å². The van der Waals surface area contributed by atoms with E-state index in [2.05, 4.69) is 9.89 Å². The zero-order valence-electron chi connectivity index (χ0n) is 12.7. The van der Waals surface area contributed by atoms with E-state index in [-0.39, 0.29) is 11.9 Å². The van der Waals surface area contributed by atoms with Crippen LogP contribution in [0.2, 0.25) is 0 Å². The molecule has 21 heavy (non-hydrogen) atoms. The van der Waals surface area contributed by atoms with Crippen molar-refractivity contribution in [2.24, 2.45) is 10.7 Å². The quantitative estimate of drug-likeness (QED) is 0.846. The van der Waals surface area contributed by atoms with Gasteiger partial charge in [-0.05, 0) is 43.0 Å². The molecular formula is C17H24FN3. The molecule has 0 bridgehead atoms. The smallest absolute Gasteiger partial charge is 0.192 e. The summed E-state index contributed by atoms with van der Waals surface area (Å²) in [6.45, 7) is 2.68. The fourth-order valence-corrected chi connectivity index (χ4v) is 3.71. The van der Waals surface area contributed by atoms with Gasteiger partial charge in [0.2, 0.25) is 0 Å². The zero-order valence-corrected chi connectivity index (χ0v) is 12.7. The van der Waals surface area contributed by atoms with Gasteiger partial charge in [-0.15, -0.1) is 0 Å². The molecule has 1 aromatic rings. The van der Waals surface area contributed by atoms with Crippen LogP contribution in [0.4, 0.5) is 4.39 Å². The minimum Gasteiger partial charge on any atom is -0.370 e. The van der Waals surface area contributed by atoms with Crippen molar-refractivity contribution in [1.82, 2.24) is 4.90 Å². The first-order chi connectivity index (χ1) is 10.2. The molecule has 1 aromatic carbocycles. The molecule has 1 heterocycles. The van der Waals surface area contributed by atoms with E-state index in [0.717, 1.165) is 11.1 Å². The van der Waals surface area contributed by atoms with Crippen LogP contribution < -0.4 is 5.73 Å². The summed E-state index contributed by atoms with van der Waals surface area (Å²) < 4.78 is 13.6. The van der Waals surface area contributed by atoms with E-state index in [1.807, 2.05) is 13.0 Å². The van der Waals surface area contributed by atoms with E-state index < -0.39 is 0 Å². The van der Waals surface area contributed by atoms with Crippen molar-refractivity contribution < 1.29 is 4.39 Å². The maximum absolute atomic E-state index is 13.6. The van der Waals surface area contributed by atoms with Gasteiger partial charge < -0.3 is 10.6 Å². The number of aryl methyl sites for hydroxylation is 1. The van der Waals surface area contributed by atoms with Crippen LogP contribution in [0.15, 0.2) is 23.2 Å². The maximum Gasteiger partial charge on any atom is 0.192 e. The third-order valence-electron chi connectivity index (χ3n) is 4.84. The molecule has 1 fully saturated rings. The number of halogens is 1. The minimum absolute atomic E-state index is 0.101. The van der Waals surface area contributed by atoms with Gasteiger partial charge in [0.1, 0.15) is 5.82 Å². The lowest BCUT2D eigenvalue weighted by Crippen LogP contribution is -2.43. The summed E-state index contributed by atoms with van der Waals surface area (Å²) in [5.41, 5.74) is 8.31. The molecule has 0 amide bonds. The summed E-state index contributed by atoms with van der Waals surface area (Å²) in [5.74, 6) is 0.456. The largest absolute Gasteiger partial charge is 0.370 e. The number of aliphatic imine (C=N–C) groups is 1. The third-order valence-corrected chi connectivity index (χ3v) is 4.84. The van der Waals surface area contributed by atoms with Gasteiger partial charge in [0.05, 0.1) is 12.6 Å². The molecule has 3 rings (SSSR count). The molecule has 0 saturated heterocycles. The molecule has 1 aliphatic heterocycles. The van der Waals surface area contributed by atoms with Crippen molar-refractivity contribution in [3.05, 3.63) is 35.1 Å². The van der Waals surface area contributed by atoms with E-state index in [9.17, 15) is 4.39 Å². The van der Waals surface area contributed by atoms with Gasteiger partial charge in [-0.25, -0.2) is 4.39 Å². The van der Waals surface area contributed by atoms with Crippen LogP contribution in [0, 0.1) is 12.7 Å². The van der Waals surface area contributed by atoms with Crippen molar-refractivity contribution in [3.8, 4) is 0 Å². The molecule has 0 spiro atoms. The monoisotopic (exact) mass is 289 g/mol. The van der Waals surface area contributed by atoms with Crippen molar-refractivity contribution in [1.29, 1.82) is 0 Å². The number of hydrogen-bond acceptors (Lipinski definition) is 3. The summed E-state index contributed by atoms with van der Waals surface area (Å²) in [6.07, 6.45) is 7.46. The first-order valence-electron chi connectivity index (χ1n) is 8.01. The van der Waals surface area contributed by atoms with Crippen LogP contribution >= 0.6 is 0 Å². The Bertz CT molecular complexity index is 533. The highest BCUT2D eigenvalue weighted by atomic mass is 19.1. The summed E-state index contributed by atoms with van der Waals surface area (Å²) in [6, 6.07) is 5.58. The molecule has 1 atom stereocenters. The summed E-state index contributed by atoms with van der Waals surface area (Å²) >= 11 is 0. The molecule has 0 radical (unpaired) electrons. The van der Waals surface area contributed by atoms with Gasteiger partial charge in [-0.2, -0.15) is 0 Å². The fraction of sp³-hybridized carbons (Fsp3) is 0.588. The Labute approximate surface area is 126 Å². The summed E-state index contributed by atoms with van der Waals surface area (Å²) in [5, 5.41) is 0. The Kier molecular flexibility index (Phi) is 4.13. The molecule has 114 valence electrons. The predicted molar refractivity (Wildman–Crippen MR) is 83.7 cm³/mol. The second-order valence-corrected chi connectivity index (χ2v) is 6.27. The summed E-state index contributed by atoms with van der Waals surface area (Å²) in [4.78, 5) is 6.71. The van der Waals surface area contributed by atoms with Gasteiger partial charge in [0, 0.05) is 6.04 Å². The average Bonchev–Trinajstić information content (AvgIpc) is 2.69. The highest BCUT2D eigenvalue weighted by Crippen LogP contribution is 2.34. The number of rotatable bonds is 2. The number of nitrogens with zero attached hydrogens (tertiary/aromatic N) is 2. The average molecular weight is 289 g/mol. The summed E-state index contributed by atoms with van der Waals surface area (Å²) in [7, 11) is 0. The van der Waals surface area contributed by atoms with E-state index in [4.69, 9.17) is 5.73 Å². The standard InChI is InChI=1S/C17H24FN3/c1-12-8-9-13(18)10-15(12)16-11-20-17(19)21(16)14-6-4-2-3-5-7-14/h8-10,14,16H,2-7,11H2,1H3,(H2,19,20). The number of guanidine groups is 1. The second-order valence-electron chi connectivity index (χ2n) is 6.27.